The summed E-state index contributed by atoms with van der Waals surface area (Å²) in [4.78, 5) is 24.6. The SMILES string of the molecule is Cc1nccn1-c1ccc(CN2C(=S)N(c3ccc(C#N)c(C(F)(F)F)c3)C(=O)C2(C)C)cn1. The molecule has 0 spiro atoms. The number of carbonyl (C=O) groups is 1. The minimum atomic E-state index is -4.75. The van der Waals surface area contributed by atoms with Gasteiger partial charge in [-0.2, -0.15) is 18.4 Å². The fourth-order valence-electron chi connectivity index (χ4n) is 3.79. The first-order valence-electron chi connectivity index (χ1n) is 10.2. The second-order valence-electron chi connectivity index (χ2n) is 8.28. The third-order valence-corrected chi connectivity index (χ3v) is 6.14. The van der Waals surface area contributed by atoms with Crippen molar-refractivity contribution in [3.63, 3.8) is 0 Å². The number of thiocarbonyl (C=S) groups is 1. The Kier molecular flexibility index (Phi) is 5.65. The standard InChI is InChI=1S/C23H19F3N6OS/c1-14-28-8-9-30(14)19-7-4-15(12-29-19)13-31-21(34)32(20(33)22(31,2)3)17-6-5-16(11-27)18(10-17)23(24,25)26/h4-10,12H,13H2,1-3H3. The molecule has 7 nitrogen and oxygen atoms in total. The maximum atomic E-state index is 13.5. The van der Waals surface area contributed by atoms with Gasteiger partial charge in [0, 0.05) is 25.1 Å². The van der Waals surface area contributed by atoms with E-state index in [0.717, 1.165) is 28.4 Å². The quantitative estimate of drug-likeness (QED) is 0.512. The molecule has 1 fully saturated rings. The first kappa shape index (κ1) is 23.4. The van der Waals surface area contributed by atoms with Gasteiger partial charge in [-0.05, 0) is 62.8 Å². The number of nitriles is 1. The number of aryl methyl sites for hydroxylation is 1. The van der Waals surface area contributed by atoms with Crippen LogP contribution in [0.5, 0.6) is 0 Å². The minimum Gasteiger partial charge on any atom is -0.330 e. The van der Waals surface area contributed by atoms with Crippen molar-refractivity contribution < 1.29 is 18.0 Å². The normalized spacial score (nSPS) is 15.7. The Morgan fingerprint density at radius 1 is 1.18 bits per heavy atom. The van der Waals surface area contributed by atoms with Crippen LogP contribution in [0.4, 0.5) is 18.9 Å². The first-order chi connectivity index (χ1) is 15.9. The van der Waals surface area contributed by atoms with Crippen LogP contribution >= 0.6 is 12.2 Å². The number of anilines is 1. The molecule has 34 heavy (non-hydrogen) atoms. The van der Waals surface area contributed by atoms with Crippen LogP contribution in [-0.4, -0.2) is 36.0 Å². The number of alkyl halides is 3. The largest absolute Gasteiger partial charge is 0.417 e. The van der Waals surface area contributed by atoms with E-state index in [9.17, 15) is 18.0 Å². The first-order valence-corrected chi connectivity index (χ1v) is 10.6. The molecule has 174 valence electrons. The molecule has 3 aromatic rings. The Labute approximate surface area is 199 Å². The summed E-state index contributed by atoms with van der Waals surface area (Å²) in [5.41, 5.74) is -2.02. The van der Waals surface area contributed by atoms with Gasteiger partial charge < -0.3 is 4.90 Å². The van der Waals surface area contributed by atoms with Crippen LogP contribution < -0.4 is 4.90 Å². The molecular weight excluding hydrogens is 465 g/mol. The molecule has 1 aliphatic rings. The van der Waals surface area contributed by atoms with Crippen molar-refractivity contribution in [2.75, 3.05) is 4.90 Å². The molecule has 0 bridgehead atoms. The van der Waals surface area contributed by atoms with Gasteiger partial charge in [-0.3, -0.25) is 14.3 Å². The molecule has 1 amide bonds. The number of hydrogen-bond donors (Lipinski definition) is 0. The summed E-state index contributed by atoms with van der Waals surface area (Å²) in [7, 11) is 0. The van der Waals surface area contributed by atoms with Gasteiger partial charge in [0.15, 0.2) is 5.11 Å². The number of halogens is 3. The molecule has 4 rings (SSSR count). The highest BCUT2D eigenvalue weighted by Gasteiger charge is 2.49. The van der Waals surface area contributed by atoms with Gasteiger partial charge in [0.2, 0.25) is 0 Å². The lowest BCUT2D eigenvalue weighted by atomic mass is 10.0. The summed E-state index contributed by atoms with van der Waals surface area (Å²) in [5, 5.41) is 9.12. The fourth-order valence-corrected chi connectivity index (χ4v) is 4.27. The van der Waals surface area contributed by atoms with E-state index in [1.807, 2.05) is 23.6 Å². The highest BCUT2D eigenvalue weighted by Crippen LogP contribution is 2.38. The van der Waals surface area contributed by atoms with Crippen LogP contribution in [0, 0.1) is 18.3 Å². The van der Waals surface area contributed by atoms with Crippen LogP contribution in [0.25, 0.3) is 5.82 Å². The lowest BCUT2D eigenvalue weighted by Crippen LogP contribution is -2.43. The van der Waals surface area contributed by atoms with E-state index in [0.29, 0.717) is 5.82 Å². The number of aromatic nitrogens is 3. The number of amides is 1. The Morgan fingerprint density at radius 2 is 1.91 bits per heavy atom. The predicted molar refractivity (Wildman–Crippen MR) is 122 cm³/mol. The van der Waals surface area contributed by atoms with E-state index in [2.05, 4.69) is 9.97 Å². The molecule has 1 aliphatic heterocycles. The van der Waals surface area contributed by atoms with Gasteiger partial charge in [-0.1, -0.05) is 6.07 Å². The van der Waals surface area contributed by atoms with Gasteiger partial charge in [-0.15, -0.1) is 0 Å². The number of pyridine rings is 1. The topological polar surface area (TPSA) is 78.0 Å². The zero-order chi connectivity index (χ0) is 24.8. The van der Waals surface area contributed by atoms with Crippen molar-refractivity contribution in [1.82, 2.24) is 19.4 Å². The number of hydrogen-bond acceptors (Lipinski definition) is 5. The molecule has 1 aromatic carbocycles. The second kappa shape index (κ2) is 8.22. The highest BCUT2D eigenvalue weighted by atomic mass is 32.1. The van der Waals surface area contributed by atoms with Crippen molar-refractivity contribution in [2.24, 2.45) is 0 Å². The van der Waals surface area contributed by atoms with Gasteiger partial charge >= 0.3 is 6.18 Å². The Balaban J connectivity index is 1.64. The van der Waals surface area contributed by atoms with Gasteiger partial charge in [0.25, 0.3) is 5.91 Å². The van der Waals surface area contributed by atoms with E-state index in [1.165, 1.54) is 12.1 Å². The van der Waals surface area contributed by atoms with Crippen molar-refractivity contribution >= 4 is 28.9 Å². The lowest BCUT2D eigenvalue weighted by Gasteiger charge is -2.29. The van der Waals surface area contributed by atoms with Crippen molar-refractivity contribution in [3.05, 3.63) is 71.4 Å². The highest BCUT2D eigenvalue weighted by molar-refractivity contribution is 7.80. The summed E-state index contributed by atoms with van der Waals surface area (Å²) in [6.45, 7) is 5.40. The lowest BCUT2D eigenvalue weighted by molar-refractivity contribution is -0.137. The summed E-state index contributed by atoms with van der Waals surface area (Å²) >= 11 is 5.53. The zero-order valence-corrected chi connectivity index (χ0v) is 19.3. The molecule has 0 unspecified atom stereocenters. The second-order valence-corrected chi connectivity index (χ2v) is 8.64. The Morgan fingerprint density at radius 3 is 2.47 bits per heavy atom. The van der Waals surface area contributed by atoms with E-state index in [1.54, 1.807) is 37.3 Å². The maximum Gasteiger partial charge on any atom is 0.417 e. The summed E-state index contributed by atoms with van der Waals surface area (Å²) < 4.78 is 42.2. The van der Waals surface area contributed by atoms with Crippen LogP contribution in [0.2, 0.25) is 0 Å². The van der Waals surface area contributed by atoms with E-state index < -0.39 is 28.7 Å². The molecule has 1 saturated heterocycles. The van der Waals surface area contributed by atoms with Gasteiger partial charge in [0.1, 0.15) is 17.2 Å². The maximum absolute atomic E-state index is 13.5. The molecule has 0 aliphatic carbocycles. The summed E-state index contributed by atoms with van der Waals surface area (Å²) in [6.07, 6.45) is 0.370. The number of rotatable bonds is 4. The van der Waals surface area contributed by atoms with Crippen molar-refractivity contribution in [3.8, 4) is 11.9 Å². The molecule has 0 saturated carbocycles. The zero-order valence-electron chi connectivity index (χ0n) is 18.5. The minimum absolute atomic E-state index is 0.0408. The predicted octanol–water partition coefficient (Wildman–Crippen LogP) is 4.38. The van der Waals surface area contributed by atoms with Crippen LogP contribution in [0.1, 0.15) is 36.4 Å². The Bertz CT molecular complexity index is 1320. The Hall–Kier alpha value is -3.78. The number of carbonyl (C=O) groups excluding carboxylic acids is 1. The third kappa shape index (κ3) is 3.90. The average Bonchev–Trinajstić information content (AvgIpc) is 3.28. The smallest absolute Gasteiger partial charge is 0.330 e. The van der Waals surface area contributed by atoms with E-state index in [-0.39, 0.29) is 17.3 Å². The third-order valence-electron chi connectivity index (χ3n) is 5.73. The van der Waals surface area contributed by atoms with Crippen LogP contribution in [-0.2, 0) is 17.5 Å². The molecule has 3 heterocycles. The van der Waals surface area contributed by atoms with Crippen LogP contribution in [0.3, 0.4) is 0 Å². The summed E-state index contributed by atoms with van der Waals surface area (Å²) in [5.74, 6) is 0.995. The molecule has 0 radical (unpaired) electrons. The molecule has 11 heteroatoms. The molecule has 0 atom stereocenters. The fraction of sp³-hybridized carbons (Fsp3) is 0.261. The van der Waals surface area contributed by atoms with Crippen LogP contribution in [0.15, 0.2) is 48.9 Å². The number of benzene rings is 1. The average molecular weight is 485 g/mol. The molecular formula is C23H19F3N6OS. The van der Waals surface area contributed by atoms with E-state index >= 15 is 0 Å². The number of nitrogens with zero attached hydrogens (tertiary/aromatic N) is 6. The summed E-state index contributed by atoms with van der Waals surface area (Å²) in [6, 6.07) is 8.32. The molecule has 2 aromatic heterocycles. The van der Waals surface area contributed by atoms with Crippen molar-refractivity contribution in [1.29, 1.82) is 5.26 Å². The number of imidazole rings is 1. The van der Waals surface area contributed by atoms with E-state index in [4.69, 9.17) is 17.5 Å². The van der Waals surface area contributed by atoms with Gasteiger partial charge in [-0.25, -0.2) is 9.97 Å². The monoisotopic (exact) mass is 484 g/mol. The van der Waals surface area contributed by atoms with Gasteiger partial charge in [0.05, 0.1) is 22.9 Å². The molecule has 0 N–H and O–H groups in total. The van der Waals surface area contributed by atoms with Crippen molar-refractivity contribution in [2.45, 2.75) is 39.0 Å².